The molecule has 0 bridgehead atoms. The van der Waals surface area contributed by atoms with Gasteiger partial charge in [-0.05, 0) is 79.6 Å². The molecule has 0 aliphatic carbocycles. The van der Waals surface area contributed by atoms with Gasteiger partial charge in [0.2, 0.25) is 0 Å². The zero-order valence-corrected chi connectivity index (χ0v) is 18.9. The summed E-state index contributed by atoms with van der Waals surface area (Å²) in [5, 5.41) is 6.27. The SMILES string of the molecule is CCCOc1ccc(C(=O)Oc2ccc(/C=N/NC(=O)C(=O)Nc3ccc(C)cc3)cc2)cc1. The highest BCUT2D eigenvalue weighted by Gasteiger charge is 2.13. The Balaban J connectivity index is 1.48. The predicted octanol–water partition coefficient (Wildman–Crippen LogP) is 4.09. The van der Waals surface area contributed by atoms with Crippen molar-refractivity contribution in [2.45, 2.75) is 20.3 Å². The molecular formula is C26H25N3O5. The van der Waals surface area contributed by atoms with Crippen LogP contribution in [0.2, 0.25) is 0 Å². The zero-order valence-electron chi connectivity index (χ0n) is 18.9. The molecule has 0 aliphatic heterocycles. The standard InChI is InChI=1S/C26H25N3O5/c1-3-16-33-22-14-8-20(9-15-22)26(32)34-23-12-6-19(7-13-23)17-27-29-25(31)24(30)28-21-10-4-18(2)5-11-21/h4-15,17H,3,16H2,1-2H3,(H,28,30)(H,29,31)/b27-17+. The fourth-order valence-corrected chi connectivity index (χ4v) is 2.74. The molecule has 3 rings (SSSR count). The number of ether oxygens (including phenoxy) is 2. The second kappa shape index (κ2) is 12.0. The minimum Gasteiger partial charge on any atom is -0.494 e. The highest BCUT2D eigenvalue weighted by atomic mass is 16.5. The monoisotopic (exact) mass is 459 g/mol. The van der Waals surface area contributed by atoms with Gasteiger partial charge in [-0.15, -0.1) is 0 Å². The van der Waals surface area contributed by atoms with Crippen molar-refractivity contribution < 1.29 is 23.9 Å². The molecule has 0 saturated heterocycles. The maximum absolute atomic E-state index is 12.3. The highest BCUT2D eigenvalue weighted by Crippen LogP contribution is 2.16. The first-order chi connectivity index (χ1) is 16.4. The van der Waals surface area contributed by atoms with Crippen LogP contribution in [-0.4, -0.2) is 30.6 Å². The summed E-state index contributed by atoms with van der Waals surface area (Å²) >= 11 is 0. The van der Waals surface area contributed by atoms with E-state index in [1.54, 1.807) is 60.7 Å². The van der Waals surface area contributed by atoms with Gasteiger partial charge < -0.3 is 14.8 Å². The summed E-state index contributed by atoms with van der Waals surface area (Å²) in [7, 11) is 0. The van der Waals surface area contributed by atoms with Crippen LogP contribution in [0.3, 0.4) is 0 Å². The average molecular weight is 460 g/mol. The fraction of sp³-hybridized carbons (Fsp3) is 0.154. The van der Waals surface area contributed by atoms with Gasteiger partial charge in [-0.25, -0.2) is 10.2 Å². The molecule has 2 N–H and O–H groups in total. The number of hydrogen-bond donors (Lipinski definition) is 2. The molecule has 0 spiro atoms. The topological polar surface area (TPSA) is 106 Å². The molecule has 0 atom stereocenters. The van der Waals surface area contributed by atoms with Gasteiger partial charge in [-0.1, -0.05) is 24.6 Å². The van der Waals surface area contributed by atoms with Crippen LogP contribution < -0.4 is 20.2 Å². The van der Waals surface area contributed by atoms with Crippen molar-refractivity contribution in [2.75, 3.05) is 11.9 Å². The number of hydrogen-bond acceptors (Lipinski definition) is 6. The van der Waals surface area contributed by atoms with E-state index >= 15 is 0 Å². The van der Waals surface area contributed by atoms with Gasteiger partial charge in [0.05, 0.1) is 18.4 Å². The third-order valence-corrected chi connectivity index (χ3v) is 4.55. The Labute approximate surface area is 197 Å². The lowest BCUT2D eigenvalue weighted by Gasteiger charge is -2.07. The summed E-state index contributed by atoms with van der Waals surface area (Å²) in [6.07, 6.45) is 2.28. The van der Waals surface area contributed by atoms with Gasteiger partial charge in [0.1, 0.15) is 11.5 Å². The number of esters is 1. The minimum atomic E-state index is -0.895. The van der Waals surface area contributed by atoms with Crippen LogP contribution in [0, 0.1) is 6.92 Å². The number of hydrazone groups is 1. The second-order valence-electron chi connectivity index (χ2n) is 7.35. The summed E-state index contributed by atoms with van der Waals surface area (Å²) in [6.45, 7) is 4.56. The van der Waals surface area contributed by atoms with E-state index in [-0.39, 0.29) is 0 Å². The van der Waals surface area contributed by atoms with Crippen LogP contribution >= 0.6 is 0 Å². The number of carbonyl (C=O) groups is 3. The van der Waals surface area contributed by atoms with Crippen LogP contribution in [0.25, 0.3) is 0 Å². The van der Waals surface area contributed by atoms with Crippen molar-refractivity contribution in [1.82, 2.24) is 5.43 Å². The van der Waals surface area contributed by atoms with E-state index < -0.39 is 17.8 Å². The summed E-state index contributed by atoms with van der Waals surface area (Å²) in [4.78, 5) is 36.1. The van der Waals surface area contributed by atoms with Gasteiger partial charge in [-0.3, -0.25) is 9.59 Å². The van der Waals surface area contributed by atoms with Crippen LogP contribution in [-0.2, 0) is 9.59 Å². The van der Waals surface area contributed by atoms with Crippen molar-refractivity contribution >= 4 is 29.7 Å². The van der Waals surface area contributed by atoms with Gasteiger partial charge in [0.25, 0.3) is 0 Å². The molecule has 3 aromatic carbocycles. The lowest BCUT2D eigenvalue weighted by molar-refractivity contribution is -0.136. The predicted molar refractivity (Wildman–Crippen MR) is 129 cm³/mol. The van der Waals surface area contributed by atoms with E-state index in [1.165, 1.54) is 6.21 Å². The smallest absolute Gasteiger partial charge is 0.343 e. The molecule has 34 heavy (non-hydrogen) atoms. The lowest BCUT2D eigenvalue weighted by Crippen LogP contribution is -2.32. The number of rotatable bonds is 8. The molecule has 0 aromatic heterocycles. The molecule has 0 radical (unpaired) electrons. The zero-order chi connectivity index (χ0) is 24.3. The van der Waals surface area contributed by atoms with Crippen molar-refractivity contribution in [3.05, 3.63) is 89.5 Å². The molecule has 0 fully saturated rings. The quantitative estimate of drug-likeness (QED) is 0.174. The third-order valence-electron chi connectivity index (χ3n) is 4.55. The highest BCUT2D eigenvalue weighted by molar-refractivity contribution is 6.39. The fourth-order valence-electron chi connectivity index (χ4n) is 2.74. The lowest BCUT2D eigenvalue weighted by atomic mass is 10.2. The van der Waals surface area contributed by atoms with E-state index in [0.717, 1.165) is 12.0 Å². The number of benzene rings is 3. The molecule has 2 amide bonds. The Morgan fingerprint density at radius 1 is 0.853 bits per heavy atom. The number of anilines is 1. The third kappa shape index (κ3) is 7.30. The Morgan fingerprint density at radius 2 is 1.50 bits per heavy atom. The van der Waals surface area contributed by atoms with E-state index in [4.69, 9.17) is 9.47 Å². The molecule has 8 heteroatoms. The van der Waals surface area contributed by atoms with E-state index in [0.29, 0.717) is 34.9 Å². The average Bonchev–Trinajstić information content (AvgIpc) is 2.85. The molecule has 8 nitrogen and oxygen atoms in total. The molecule has 3 aromatic rings. The largest absolute Gasteiger partial charge is 0.494 e. The maximum atomic E-state index is 12.3. The first kappa shape index (κ1) is 24.2. The summed E-state index contributed by atoms with van der Waals surface area (Å²) in [5.74, 6) is -1.16. The molecule has 0 heterocycles. The van der Waals surface area contributed by atoms with E-state index in [9.17, 15) is 14.4 Å². The Hall–Kier alpha value is -4.46. The second-order valence-corrected chi connectivity index (χ2v) is 7.35. The first-order valence-electron chi connectivity index (χ1n) is 10.7. The Kier molecular flexibility index (Phi) is 8.51. The van der Waals surface area contributed by atoms with Gasteiger partial charge in [-0.2, -0.15) is 5.10 Å². The maximum Gasteiger partial charge on any atom is 0.343 e. The molecular weight excluding hydrogens is 434 g/mol. The normalized spacial score (nSPS) is 10.5. The van der Waals surface area contributed by atoms with Crippen molar-refractivity contribution in [3.63, 3.8) is 0 Å². The van der Waals surface area contributed by atoms with Gasteiger partial charge in [0.15, 0.2) is 0 Å². The molecule has 0 saturated carbocycles. The summed E-state index contributed by atoms with van der Waals surface area (Å²) in [5.41, 5.74) is 4.77. The number of nitrogens with zero attached hydrogens (tertiary/aromatic N) is 1. The summed E-state index contributed by atoms with van der Waals surface area (Å²) < 4.78 is 10.9. The summed E-state index contributed by atoms with van der Waals surface area (Å²) in [6, 6.07) is 20.3. The Bertz CT molecular complexity index is 1150. The number of carbonyl (C=O) groups excluding carboxylic acids is 3. The first-order valence-corrected chi connectivity index (χ1v) is 10.7. The molecule has 174 valence electrons. The Morgan fingerprint density at radius 3 is 2.15 bits per heavy atom. The van der Waals surface area contributed by atoms with Gasteiger partial charge >= 0.3 is 17.8 Å². The van der Waals surface area contributed by atoms with Crippen LogP contribution in [0.5, 0.6) is 11.5 Å². The van der Waals surface area contributed by atoms with E-state index in [2.05, 4.69) is 15.8 Å². The molecule has 0 aliphatic rings. The van der Waals surface area contributed by atoms with Crippen molar-refractivity contribution in [1.29, 1.82) is 0 Å². The van der Waals surface area contributed by atoms with Crippen LogP contribution in [0.4, 0.5) is 5.69 Å². The van der Waals surface area contributed by atoms with Gasteiger partial charge in [0, 0.05) is 5.69 Å². The number of amides is 2. The number of nitrogens with one attached hydrogen (secondary N) is 2. The van der Waals surface area contributed by atoms with Crippen LogP contribution in [0.1, 0.15) is 34.8 Å². The molecule has 0 unspecified atom stereocenters. The number of aryl methyl sites for hydroxylation is 1. The van der Waals surface area contributed by atoms with E-state index in [1.807, 2.05) is 26.0 Å². The van der Waals surface area contributed by atoms with Crippen molar-refractivity contribution in [3.8, 4) is 11.5 Å². The minimum absolute atomic E-state index is 0.356. The van der Waals surface area contributed by atoms with Crippen LogP contribution in [0.15, 0.2) is 77.9 Å². The van der Waals surface area contributed by atoms with Crippen molar-refractivity contribution in [2.24, 2.45) is 5.10 Å².